The summed E-state index contributed by atoms with van der Waals surface area (Å²) in [6.45, 7) is 5.28. The zero-order valence-corrected chi connectivity index (χ0v) is 17.7. The number of anilines is 1. The summed E-state index contributed by atoms with van der Waals surface area (Å²) in [5, 5.41) is 12.9. The number of aryl methyl sites for hydroxylation is 2. The second kappa shape index (κ2) is 7.72. The molecule has 4 aromatic rings. The summed E-state index contributed by atoms with van der Waals surface area (Å²) in [5.41, 5.74) is 4.02. The molecule has 0 bridgehead atoms. The molecule has 7 nitrogen and oxygen atoms in total. The molecule has 0 saturated heterocycles. The van der Waals surface area contributed by atoms with Crippen molar-refractivity contribution >= 4 is 15.7 Å². The van der Waals surface area contributed by atoms with Gasteiger partial charge >= 0.3 is 0 Å². The number of rotatable bonds is 5. The molecule has 30 heavy (non-hydrogen) atoms. The van der Waals surface area contributed by atoms with E-state index in [1.165, 1.54) is 4.68 Å². The van der Waals surface area contributed by atoms with E-state index >= 15 is 0 Å². The molecule has 1 N–H and O–H groups in total. The second-order valence-electron chi connectivity index (χ2n) is 7.03. The van der Waals surface area contributed by atoms with Crippen molar-refractivity contribution in [3.63, 3.8) is 0 Å². The van der Waals surface area contributed by atoms with E-state index in [0.717, 1.165) is 16.8 Å². The zero-order valence-electron chi connectivity index (χ0n) is 16.9. The molecule has 2 heterocycles. The van der Waals surface area contributed by atoms with E-state index in [9.17, 15) is 8.42 Å². The van der Waals surface area contributed by atoms with Crippen molar-refractivity contribution in [2.24, 2.45) is 0 Å². The van der Waals surface area contributed by atoms with Crippen molar-refractivity contribution in [2.45, 2.75) is 25.7 Å². The van der Waals surface area contributed by atoms with Gasteiger partial charge in [-0.3, -0.25) is 4.72 Å². The number of nitrogens with zero attached hydrogens (tertiary/aromatic N) is 4. The van der Waals surface area contributed by atoms with Gasteiger partial charge < -0.3 is 0 Å². The van der Waals surface area contributed by atoms with E-state index in [2.05, 4.69) is 20.0 Å². The predicted molar refractivity (Wildman–Crippen MR) is 116 cm³/mol. The highest BCUT2D eigenvalue weighted by atomic mass is 32.2. The summed E-state index contributed by atoms with van der Waals surface area (Å²) in [5.74, 6) is 0.451. The molecule has 0 spiro atoms. The van der Waals surface area contributed by atoms with Crippen LogP contribution in [0.1, 0.15) is 17.0 Å². The predicted octanol–water partition coefficient (Wildman–Crippen LogP) is 4.06. The van der Waals surface area contributed by atoms with E-state index in [1.807, 2.05) is 49.4 Å². The van der Waals surface area contributed by atoms with Gasteiger partial charge in [0.1, 0.15) is 4.90 Å². The fraction of sp³-hybridized carbons (Fsp3) is 0.136. The Morgan fingerprint density at radius 3 is 2.30 bits per heavy atom. The lowest BCUT2D eigenvalue weighted by Crippen LogP contribution is -2.15. The quantitative estimate of drug-likeness (QED) is 0.527. The maximum atomic E-state index is 13.0. The minimum Gasteiger partial charge on any atom is -0.280 e. The molecule has 0 amide bonds. The number of benzene rings is 2. The van der Waals surface area contributed by atoms with Gasteiger partial charge in [-0.2, -0.15) is 5.10 Å². The molecule has 0 aliphatic heterocycles. The van der Waals surface area contributed by atoms with Crippen LogP contribution in [0.2, 0.25) is 0 Å². The SMILES string of the molecule is Cc1cccc(NS(=O)(=O)c2c(C)nn(-c3ccc(-c4ccccc4)nn3)c2C)c1. The van der Waals surface area contributed by atoms with Gasteiger partial charge in [0, 0.05) is 11.3 Å². The standard InChI is InChI=1S/C22H21N5O2S/c1-15-8-7-11-19(14-15)26-30(28,29)22-16(2)25-27(17(22)3)21-13-12-20(23-24-21)18-9-5-4-6-10-18/h4-14,26H,1-3H3. The first kappa shape index (κ1) is 19.8. The maximum absolute atomic E-state index is 13.0. The van der Waals surface area contributed by atoms with Crippen LogP contribution in [-0.4, -0.2) is 28.4 Å². The Labute approximate surface area is 175 Å². The number of aromatic nitrogens is 4. The minimum absolute atomic E-state index is 0.137. The number of hydrogen-bond acceptors (Lipinski definition) is 5. The summed E-state index contributed by atoms with van der Waals surface area (Å²) >= 11 is 0. The summed E-state index contributed by atoms with van der Waals surface area (Å²) in [4.78, 5) is 0.137. The molecule has 0 aliphatic carbocycles. The number of hydrogen-bond donors (Lipinski definition) is 1. The molecular formula is C22H21N5O2S. The smallest absolute Gasteiger partial charge is 0.265 e. The van der Waals surface area contributed by atoms with Gasteiger partial charge in [0.25, 0.3) is 10.0 Å². The molecule has 0 atom stereocenters. The third-order valence-electron chi connectivity index (χ3n) is 4.70. The molecule has 0 saturated carbocycles. The minimum atomic E-state index is -3.81. The average molecular weight is 420 g/mol. The van der Waals surface area contributed by atoms with E-state index in [-0.39, 0.29) is 4.90 Å². The van der Waals surface area contributed by atoms with Gasteiger partial charge in [-0.15, -0.1) is 10.2 Å². The lowest BCUT2D eigenvalue weighted by Gasteiger charge is -2.09. The van der Waals surface area contributed by atoms with Crippen LogP contribution in [0, 0.1) is 20.8 Å². The Hall–Kier alpha value is -3.52. The van der Waals surface area contributed by atoms with Crippen LogP contribution in [0.15, 0.2) is 71.6 Å². The average Bonchev–Trinajstić information content (AvgIpc) is 3.03. The fourth-order valence-corrected chi connectivity index (χ4v) is 4.80. The maximum Gasteiger partial charge on any atom is 0.265 e. The van der Waals surface area contributed by atoms with Crippen LogP contribution in [0.5, 0.6) is 0 Å². The van der Waals surface area contributed by atoms with E-state index in [1.54, 1.807) is 38.1 Å². The molecule has 0 aliphatic rings. The van der Waals surface area contributed by atoms with Crippen LogP contribution < -0.4 is 4.72 Å². The van der Waals surface area contributed by atoms with Crippen LogP contribution in [0.4, 0.5) is 5.69 Å². The Bertz CT molecular complexity index is 1300. The summed E-state index contributed by atoms with van der Waals surface area (Å²) in [7, 11) is -3.81. The fourth-order valence-electron chi connectivity index (χ4n) is 3.36. The highest BCUT2D eigenvalue weighted by molar-refractivity contribution is 7.92. The van der Waals surface area contributed by atoms with Crippen LogP contribution in [0.25, 0.3) is 17.1 Å². The number of sulfonamides is 1. The Morgan fingerprint density at radius 1 is 0.867 bits per heavy atom. The van der Waals surface area contributed by atoms with Gasteiger partial charge in [0.05, 0.1) is 17.1 Å². The molecule has 0 unspecified atom stereocenters. The lowest BCUT2D eigenvalue weighted by atomic mass is 10.1. The second-order valence-corrected chi connectivity index (χ2v) is 8.65. The van der Waals surface area contributed by atoms with Gasteiger partial charge in [-0.05, 0) is 50.6 Å². The van der Waals surface area contributed by atoms with Crippen molar-refractivity contribution in [3.05, 3.63) is 83.7 Å². The van der Waals surface area contributed by atoms with Crippen LogP contribution in [0.3, 0.4) is 0 Å². The first-order chi connectivity index (χ1) is 14.3. The zero-order chi connectivity index (χ0) is 21.3. The Kier molecular flexibility index (Phi) is 5.09. The monoisotopic (exact) mass is 419 g/mol. The van der Waals surface area contributed by atoms with Crippen molar-refractivity contribution in [2.75, 3.05) is 4.72 Å². The van der Waals surface area contributed by atoms with Crippen molar-refractivity contribution in [1.82, 2.24) is 20.0 Å². The largest absolute Gasteiger partial charge is 0.280 e. The molecule has 0 fully saturated rings. The van der Waals surface area contributed by atoms with Crippen molar-refractivity contribution in [1.29, 1.82) is 0 Å². The highest BCUT2D eigenvalue weighted by Gasteiger charge is 2.26. The molecule has 152 valence electrons. The Balaban J connectivity index is 1.68. The first-order valence-electron chi connectivity index (χ1n) is 9.40. The third kappa shape index (κ3) is 3.81. The van der Waals surface area contributed by atoms with E-state index in [0.29, 0.717) is 22.9 Å². The summed E-state index contributed by atoms with van der Waals surface area (Å²) in [6.07, 6.45) is 0. The first-order valence-corrected chi connectivity index (χ1v) is 10.9. The van der Waals surface area contributed by atoms with Gasteiger partial charge in [-0.1, -0.05) is 42.5 Å². The van der Waals surface area contributed by atoms with Crippen molar-refractivity contribution in [3.8, 4) is 17.1 Å². The molecule has 2 aromatic heterocycles. The molecule has 8 heteroatoms. The van der Waals surface area contributed by atoms with Gasteiger partial charge in [0.15, 0.2) is 5.82 Å². The third-order valence-corrected chi connectivity index (χ3v) is 6.33. The van der Waals surface area contributed by atoms with Crippen LogP contribution in [-0.2, 0) is 10.0 Å². The van der Waals surface area contributed by atoms with E-state index < -0.39 is 10.0 Å². The highest BCUT2D eigenvalue weighted by Crippen LogP contribution is 2.25. The van der Waals surface area contributed by atoms with Crippen molar-refractivity contribution < 1.29 is 8.42 Å². The van der Waals surface area contributed by atoms with Gasteiger partial charge in [0.2, 0.25) is 0 Å². The van der Waals surface area contributed by atoms with Gasteiger partial charge in [-0.25, -0.2) is 13.1 Å². The number of nitrogens with one attached hydrogen (secondary N) is 1. The molecule has 0 radical (unpaired) electrons. The van der Waals surface area contributed by atoms with E-state index in [4.69, 9.17) is 0 Å². The molecular weight excluding hydrogens is 398 g/mol. The normalized spacial score (nSPS) is 11.4. The Morgan fingerprint density at radius 2 is 1.63 bits per heavy atom. The molecule has 2 aromatic carbocycles. The topological polar surface area (TPSA) is 89.8 Å². The summed E-state index contributed by atoms with van der Waals surface area (Å²) in [6, 6.07) is 20.5. The lowest BCUT2D eigenvalue weighted by molar-refractivity contribution is 0.600. The molecule has 4 rings (SSSR count). The summed E-state index contributed by atoms with van der Waals surface area (Å²) < 4.78 is 30.2. The van der Waals surface area contributed by atoms with Crippen LogP contribution >= 0.6 is 0 Å².